The number of nitrogens with one attached hydrogen (secondary N) is 1. The summed E-state index contributed by atoms with van der Waals surface area (Å²) >= 11 is 3.22. The number of rotatable bonds is 3. The predicted molar refractivity (Wildman–Crippen MR) is 87.9 cm³/mol. The first-order valence-corrected chi connectivity index (χ1v) is 8.72. The molecule has 1 aromatic heterocycles. The van der Waals surface area contributed by atoms with E-state index in [1.54, 1.807) is 30.5 Å². The summed E-state index contributed by atoms with van der Waals surface area (Å²) in [5.74, 6) is 0. The number of halogens is 1. The highest BCUT2D eigenvalue weighted by Gasteiger charge is 2.18. The van der Waals surface area contributed by atoms with E-state index in [0.29, 0.717) is 10.3 Å². The van der Waals surface area contributed by atoms with Gasteiger partial charge in [-0.2, -0.15) is 0 Å². The maximum Gasteiger partial charge on any atom is 0.261 e. The summed E-state index contributed by atoms with van der Waals surface area (Å²) < 4.78 is 27.7. The summed E-state index contributed by atoms with van der Waals surface area (Å²) in [4.78, 5) is 4.22. The lowest BCUT2D eigenvalue weighted by molar-refractivity contribution is 0.587. The third-order valence-electron chi connectivity index (χ3n) is 3.03. The number of sulfonamides is 1. The van der Waals surface area contributed by atoms with E-state index in [9.17, 15) is 8.42 Å². The highest BCUT2D eigenvalue weighted by Crippen LogP contribution is 2.25. The average Bonchev–Trinajstić information content (AvgIpc) is 2.40. The van der Waals surface area contributed by atoms with Gasteiger partial charge in [-0.3, -0.25) is 4.72 Å². The smallest absolute Gasteiger partial charge is 0.261 e. The molecule has 4 nitrogen and oxygen atoms in total. The molecule has 0 aliphatic rings. The van der Waals surface area contributed by atoms with Gasteiger partial charge in [-0.25, -0.2) is 13.4 Å². The molecular weight excluding hydrogens is 352 g/mol. The Balaban J connectivity index is 2.30. The van der Waals surface area contributed by atoms with Crippen molar-refractivity contribution in [3.63, 3.8) is 0 Å². The summed E-state index contributed by atoms with van der Waals surface area (Å²) in [5.41, 5.74) is 1.49. The highest BCUT2D eigenvalue weighted by molar-refractivity contribution is 9.10. The molecule has 2 rings (SSSR count). The van der Waals surface area contributed by atoms with Crippen molar-refractivity contribution in [1.82, 2.24) is 4.98 Å². The minimum absolute atomic E-state index is 0.0118. The van der Waals surface area contributed by atoms with E-state index in [1.165, 1.54) is 0 Å². The van der Waals surface area contributed by atoms with Crippen molar-refractivity contribution in [2.24, 2.45) is 0 Å². The second kappa shape index (κ2) is 5.77. The second-order valence-corrected chi connectivity index (χ2v) is 8.16. The van der Waals surface area contributed by atoms with Crippen molar-refractivity contribution >= 4 is 31.6 Å². The lowest BCUT2D eigenvalue weighted by atomic mass is 9.87. The molecule has 0 spiro atoms. The quantitative estimate of drug-likeness (QED) is 0.834. The topological polar surface area (TPSA) is 59.1 Å². The molecule has 6 heteroatoms. The fourth-order valence-electron chi connectivity index (χ4n) is 1.80. The largest absolute Gasteiger partial charge is 0.277 e. The molecule has 1 heterocycles. The van der Waals surface area contributed by atoms with Crippen LogP contribution in [0.3, 0.4) is 0 Å². The Morgan fingerprint density at radius 2 is 1.71 bits per heavy atom. The first-order valence-electron chi connectivity index (χ1n) is 6.44. The molecule has 0 aliphatic carbocycles. The number of anilines is 1. The zero-order valence-corrected chi connectivity index (χ0v) is 14.5. The molecule has 0 fully saturated rings. The van der Waals surface area contributed by atoms with Gasteiger partial charge in [0.15, 0.2) is 0 Å². The standard InChI is InChI=1S/C15H17BrN2O2S/c1-15(2,3)11-6-8-12(9-7-11)21(19,20)18-13-5-4-10-17-14(13)16/h4-10,18H,1-3H3. The molecule has 0 aliphatic heterocycles. The molecule has 0 saturated carbocycles. The van der Waals surface area contributed by atoms with Crippen LogP contribution in [0.25, 0.3) is 0 Å². The number of aromatic nitrogens is 1. The zero-order chi connectivity index (χ0) is 15.7. The Bertz CT molecular complexity index is 735. The molecule has 0 unspecified atom stereocenters. The van der Waals surface area contributed by atoms with E-state index in [0.717, 1.165) is 5.56 Å². The summed E-state index contributed by atoms with van der Waals surface area (Å²) in [7, 11) is -3.62. The summed E-state index contributed by atoms with van der Waals surface area (Å²) in [6.07, 6.45) is 1.58. The van der Waals surface area contributed by atoms with Gasteiger partial charge >= 0.3 is 0 Å². The first kappa shape index (κ1) is 16.0. The molecule has 1 aromatic carbocycles. The van der Waals surface area contributed by atoms with Gasteiger partial charge in [0.1, 0.15) is 4.60 Å². The van der Waals surface area contributed by atoms with Crippen molar-refractivity contribution < 1.29 is 8.42 Å². The lowest BCUT2D eigenvalue weighted by Gasteiger charge is -2.19. The lowest BCUT2D eigenvalue weighted by Crippen LogP contribution is -2.15. The minimum Gasteiger partial charge on any atom is -0.277 e. The van der Waals surface area contributed by atoms with Crippen LogP contribution in [-0.2, 0) is 15.4 Å². The van der Waals surface area contributed by atoms with E-state index in [-0.39, 0.29) is 10.3 Å². The SMILES string of the molecule is CC(C)(C)c1ccc(S(=O)(=O)Nc2cccnc2Br)cc1. The molecular formula is C15H17BrN2O2S. The Morgan fingerprint density at radius 1 is 1.10 bits per heavy atom. The molecule has 1 N–H and O–H groups in total. The van der Waals surface area contributed by atoms with E-state index >= 15 is 0 Å². The van der Waals surface area contributed by atoms with Crippen LogP contribution in [0.15, 0.2) is 52.1 Å². The van der Waals surface area contributed by atoms with Crippen LogP contribution in [0.1, 0.15) is 26.3 Å². The molecule has 0 amide bonds. The van der Waals surface area contributed by atoms with Crippen LogP contribution in [-0.4, -0.2) is 13.4 Å². The molecule has 0 atom stereocenters. The molecule has 21 heavy (non-hydrogen) atoms. The molecule has 0 bridgehead atoms. The van der Waals surface area contributed by atoms with Crippen LogP contribution < -0.4 is 4.72 Å². The summed E-state index contributed by atoms with van der Waals surface area (Å²) in [5, 5.41) is 0. The van der Waals surface area contributed by atoms with Crippen LogP contribution in [0, 0.1) is 0 Å². The van der Waals surface area contributed by atoms with Crippen LogP contribution in [0.4, 0.5) is 5.69 Å². The Morgan fingerprint density at radius 3 is 2.24 bits per heavy atom. The second-order valence-electron chi connectivity index (χ2n) is 5.72. The van der Waals surface area contributed by atoms with Crippen molar-refractivity contribution in [1.29, 1.82) is 0 Å². The van der Waals surface area contributed by atoms with Gasteiger partial charge in [0.2, 0.25) is 0 Å². The van der Waals surface area contributed by atoms with E-state index in [4.69, 9.17) is 0 Å². The van der Waals surface area contributed by atoms with Crippen molar-refractivity contribution in [3.05, 3.63) is 52.8 Å². The maximum absolute atomic E-state index is 12.4. The first-order chi connectivity index (χ1) is 9.70. The molecule has 2 aromatic rings. The fourth-order valence-corrected chi connectivity index (χ4v) is 3.35. The minimum atomic E-state index is -3.62. The van der Waals surface area contributed by atoms with Gasteiger partial charge in [0, 0.05) is 6.20 Å². The Hall–Kier alpha value is -1.40. The van der Waals surface area contributed by atoms with Crippen molar-refractivity contribution in [3.8, 4) is 0 Å². The highest BCUT2D eigenvalue weighted by atomic mass is 79.9. The normalized spacial score (nSPS) is 12.2. The number of nitrogens with zero attached hydrogens (tertiary/aromatic N) is 1. The number of hydrogen-bond acceptors (Lipinski definition) is 3. The number of benzene rings is 1. The van der Waals surface area contributed by atoms with Gasteiger partial charge in [-0.05, 0) is 51.2 Å². The van der Waals surface area contributed by atoms with Crippen LogP contribution in [0.5, 0.6) is 0 Å². The number of hydrogen-bond donors (Lipinski definition) is 1. The maximum atomic E-state index is 12.4. The predicted octanol–water partition coefficient (Wildman–Crippen LogP) is 3.94. The van der Waals surface area contributed by atoms with Gasteiger partial charge in [-0.15, -0.1) is 0 Å². The van der Waals surface area contributed by atoms with Crippen molar-refractivity contribution in [2.45, 2.75) is 31.1 Å². The molecule has 112 valence electrons. The monoisotopic (exact) mass is 368 g/mol. The van der Waals surface area contributed by atoms with Gasteiger partial charge in [0.25, 0.3) is 10.0 Å². The van der Waals surface area contributed by atoms with Gasteiger partial charge in [0.05, 0.1) is 10.6 Å². The third-order valence-corrected chi connectivity index (χ3v) is 5.05. The van der Waals surface area contributed by atoms with Gasteiger partial charge in [-0.1, -0.05) is 32.9 Å². The number of pyridine rings is 1. The van der Waals surface area contributed by atoms with Crippen LogP contribution in [0.2, 0.25) is 0 Å². The Labute approximate surface area is 133 Å². The van der Waals surface area contributed by atoms with Crippen LogP contribution >= 0.6 is 15.9 Å². The summed E-state index contributed by atoms with van der Waals surface area (Å²) in [6.45, 7) is 6.25. The van der Waals surface area contributed by atoms with E-state index < -0.39 is 10.0 Å². The Kier molecular flexibility index (Phi) is 4.39. The average molecular weight is 369 g/mol. The van der Waals surface area contributed by atoms with Crippen molar-refractivity contribution in [2.75, 3.05) is 4.72 Å². The molecule has 0 radical (unpaired) electrons. The van der Waals surface area contributed by atoms with Gasteiger partial charge < -0.3 is 0 Å². The zero-order valence-electron chi connectivity index (χ0n) is 12.1. The van der Waals surface area contributed by atoms with E-state index in [2.05, 4.69) is 46.4 Å². The fraction of sp³-hybridized carbons (Fsp3) is 0.267. The third kappa shape index (κ3) is 3.83. The van der Waals surface area contributed by atoms with E-state index in [1.807, 2.05) is 12.1 Å². The summed E-state index contributed by atoms with van der Waals surface area (Å²) in [6, 6.07) is 10.2. The molecule has 0 saturated heterocycles.